The van der Waals surface area contributed by atoms with Crippen LogP contribution in [0.4, 0.5) is 15.8 Å². The Morgan fingerprint density at radius 1 is 1.43 bits per heavy atom. The van der Waals surface area contributed by atoms with Crippen molar-refractivity contribution in [1.29, 1.82) is 0 Å². The first kappa shape index (κ1) is 14.3. The van der Waals surface area contributed by atoms with Crippen molar-refractivity contribution in [3.8, 4) is 0 Å². The van der Waals surface area contributed by atoms with Crippen LogP contribution in [0.3, 0.4) is 0 Å². The predicted molar refractivity (Wildman–Crippen MR) is 90.2 cm³/mol. The summed E-state index contributed by atoms with van der Waals surface area (Å²) in [6.07, 6.45) is 1.65. The second kappa shape index (κ2) is 5.61. The summed E-state index contributed by atoms with van der Waals surface area (Å²) < 4.78 is 15.4. The van der Waals surface area contributed by atoms with Gasteiger partial charge in [-0.3, -0.25) is 4.98 Å². The summed E-state index contributed by atoms with van der Waals surface area (Å²) in [6.45, 7) is 0.606. The lowest BCUT2D eigenvalue weighted by molar-refractivity contribution is 0.624. The number of hydrogen-bond donors (Lipinski definition) is 1. The Labute approximate surface area is 134 Å². The molecule has 0 saturated heterocycles. The van der Waals surface area contributed by atoms with Gasteiger partial charge in [-0.2, -0.15) is 0 Å². The highest BCUT2D eigenvalue weighted by atomic mass is 79.9. The fourth-order valence-corrected chi connectivity index (χ4v) is 3.57. The largest absolute Gasteiger partial charge is 0.398 e. The minimum atomic E-state index is -0.351. The fraction of sp³-hybridized carbons (Fsp3) is 0.133. The zero-order valence-corrected chi connectivity index (χ0v) is 13.7. The van der Waals surface area contributed by atoms with Crippen molar-refractivity contribution in [2.45, 2.75) is 6.54 Å². The van der Waals surface area contributed by atoms with Crippen molar-refractivity contribution in [1.82, 2.24) is 4.98 Å². The lowest BCUT2D eigenvalue weighted by Gasteiger charge is -2.21. The van der Waals surface area contributed by atoms with E-state index in [-0.39, 0.29) is 5.82 Å². The first-order chi connectivity index (χ1) is 10.1. The van der Waals surface area contributed by atoms with Gasteiger partial charge in [-0.05, 0) is 51.1 Å². The van der Waals surface area contributed by atoms with Crippen LogP contribution in [0.2, 0.25) is 0 Å². The average Bonchev–Trinajstić information content (AvgIpc) is 2.84. The van der Waals surface area contributed by atoms with Crippen molar-refractivity contribution in [2.75, 3.05) is 17.7 Å². The highest BCUT2D eigenvalue weighted by Gasteiger charge is 2.16. The van der Waals surface area contributed by atoms with Crippen LogP contribution in [0.15, 0.2) is 39.6 Å². The number of hydrogen-bond acceptors (Lipinski definition) is 4. The van der Waals surface area contributed by atoms with Crippen molar-refractivity contribution >= 4 is 49.5 Å². The van der Waals surface area contributed by atoms with Crippen LogP contribution in [-0.4, -0.2) is 12.0 Å². The minimum Gasteiger partial charge on any atom is -0.398 e. The third-order valence-electron chi connectivity index (χ3n) is 3.27. The molecule has 108 valence electrons. The van der Waals surface area contributed by atoms with Gasteiger partial charge in [0.15, 0.2) is 5.82 Å². The van der Waals surface area contributed by atoms with E-state index in [1.165, 1.54) is 6.07 Å². The number of thiophene rings is 1. The van der Waals surface area contributed by atoms with Gasteiger partial charge in [0.2, 0.25) is 0 Å². The quantitative estimate of drug-likeness (QED) is 0.698. The Morgan fingerprint density at radius 2 is 2.24 bits per heavy atom. The zero-order valence-electron chi connectivity index (χ0n) is 11.3. The number of nitrogen functional groups attached to an aromatic ring is 1. The molecule has 0 aliphatic carbocycles. The van der Waals surface area contributed by atoms with Crippen LogP contribution in [0, 0.1) is 5.82 Å². The van der Waals surface area contributed by atoms with E-state index >= 15 is 0 Å². The Hall–Kier alpha value is -1.66. The normalized spacial score (nSPS) is 11.0. The maximum Gasteiger partial charge on any atom is 0.150 e. The van der Waals surface area contributed by atoms with E-state index in [0.717, 1.165) is 14.7 Å². The van der Waals surface area contributed by atoms with Crippen LogP contribution in [0.1, 0.15) is 5.56 Å². The van der Waals surface area contributed by atoms with Crippen molar-refractivity contribution in [3.63, 3.8) is 0 Å². The van der Waals surface area contributed by atoms with E-state index in [4.69, 9.17) is 5.73 Å². The van der Waals surface area contributed by atoms with E-state index in [9.17, 15) is 4.39 Å². The van der Waals surface area contributed by atoms with Gasteiger partial charge in [0.05, 0.1) is 15.0 Å². The van der Waals surface area contributed by atoms with E-state index in [1.807, 2.05) is 29.5 Å². The van der Waals surface area contributed by atoms with Crippen molar-refractivity contribution in [2.24, 2.45) is 0 Å². The number of anilines is 2. The summed E-state index contributed by atoms with van der Waals surface area (Å²) in [4.78, 5) is 6.16. The van der Waals surface area contributed by atoms with Gasteiger partial charge in [0, 0.05) is 30.9 Å². The molecule has 3 nitrogen and oxygen atoms in total. The molecule has 0 bridgehead atoms. The fourth-order valence-electron chi connectivity index (χ4n) is 2.37. The lowest BCUT2D eigenvalue weighted by atomic mass is 10.1. The van der Waals surface area contributed by atoms with E-state index < -0.39 is 0 Å². The van der Waals surface area contributed by atoms with Crippen LogP contribution in [0.5, 0.6) is 0 Å². The minimum absolute atomic E-state index is 0.351. The van der Waals surface area contributed by atoms with E-state index in [1.54, 1.807) is 23.6 Å². The molecule has 2 heterocycles. The number of benzene rings is 1. The molecule has 0 amide bonds. The first-order valence-corrected chi connectivity index (χ1v) is 8.00. The molecule has 0 fully saturated rings. The monoisotopic (exact) mass is 365 g/mol. The summed E-state index contributed by atoms with van der Waals surface area (Å²) in [5.41, 5.74) is 8.47. The second-order valence-corrected chi connectivity index (χ2v) is 7.10. The molecule has 6 heteroatoms. The summed E-state index contributed by atoms with van der Waals surface area (Å²) >= 11 is 5.05. The summed E-state index contributed by atoms with van der Waals surface area (Å²) in [7, 11) is 1.86. The molecule has 0 aliphatic rings. The number of pyridine rings is 1. The van der Waals surface area contributed by atoms with Gasteiger partial charge in [-0.1, -0.05) is 0 Å². The number of rotatable bonds is 3. The van der Waals surface area contributed by atoms with Gasteiger partial charge in [0.25, 0.3) is 0 Å². The van der Waals surface area contributed by atoms with Crippen LogP contribution in [-0.2, 0) is 6.54 Å². The Balaban J connectivity index is 2.06. The lowest BCUT2D eigenvalue weighted by Crippen LogP contribution is -2.18. The second-order valence-electron chi connectivity index (χ2n) is 4.81. The smallest absolute Gasteiger partial charge is 0.150 e. The maximum atomic E-state index is 14.4. The number of halogens is 2. The molecule has 0 radical (unpaired) electrons. The molecule has 0 spiro atoms. The van der Waals surface area contributed by atoms with Crippen molar-refractivity contribution < 1.29 is 4.39 Å². The Morgan fingerprint density at radius 3 is 2.95 bits per heavy atom. The average molecular weight is 366 g/mol. The van der Waals surface area contributed by atoms with Crippen LogP contribution in [0.25, 0.3) is 10.9 Å². The molecule has 0 unspecified atom stereocenters. The molecule has 1 aromatic carbocycles. The SMILES string of the molecule is CN(Cc1csc(Br)c1)c1c(F)cc(N)c2cccnc12. The molecule has 2 aromatic heterocycles. The van der Waals surface area contributed by atoms with Gasteiger partial charge >= 0.3 is 0 Å². The van der Waals surface area contributed by atoms with Gasteiger partial charge in [0.1, 0.15) is 0 Å². The molecule has 3 rings (SSSR count). The predicted octanol–water partition coefficient (Wildman–Crippen LogP) is 4.42. The van der Waals surface area contributed by atoms with Gasteiger partial charge in [-0.15, -0.1) is 11.3 Å². The molecule has 0 atom stereocenters. The standard InChI is InChI=1S/C15H13BrFN3S/c1-20(7-9-5-13(16)21-8-9)15-11(17)6-12(18)10-3-2-4-19-14(10)15/h2-6,8H,7,18H2,1H3. The summed E-state index contributed by atoms with van der Waals surface area (Å²) in [5.74, 6) is -0.351. The maximum absolute atomic E-state index is 14.4. The van der Waals surface area contributed by atoms with Gasteiger partial charge in [-0.25, -0.2) is 4.39 Å². The van der Waals surface area contributed by atoms with Crippen LogP contribution < -0.4 is 10.6 Å². The number of nitrogens with zero attached hydrogens (tertiary/aromatic N) is 2. The number of fused-ring (bicyclic) bond motifs is 1. The van der Waals surface area contributed by atoms with Crippen molar-refractivity contribution in [3.05, 3.63) is 51.0 Å². The highest BCUT2D eigenvalue weighted by Crippen LogP contribution is 2.33. The topological polar surface area (TPSA) is 42.1 Å². The molecular formula is C15H13BrFN3S. The van der Waals surface area contributed by atoms with Gasteiger partial charge < -0.3 is 10.6 Å². The third kappa shape index (κ3) is 2.73. The highest BCUT2D eigenvalue weighted by molar-refractivity contribution is 9.11. The van der Waals surface area contributed by atoms with E-state index in [0.29, 0.717) is 23.4 Å². The number of aromatic nitrogens is 1. The Bertz CT molecular complexity index is 803. The molecule has 0 aliphatic heterocycles. The molecule has 3 aromatic rings. The molecule has 21 heavy (non-hydrogen) atoms. The molecular weight excluding hydrogens is 353 g/mol. The van der Waals surface area contributed by atoms with Crippen LogP contribution >= 0.6 is 27.3 Å². The first-order valence-electron chi connectivity index (χ1n) is 6.33. The zero-order chi connectivity index (χ0) is 15.0. The third-order valence-corrected chi connectivity index (χ3v) is 4.83. The molecule has 2 N–H and O–H groups in total. The molecule has 0 saturated carbocycles. The summed E-state index contributed by atoms with van der Waals surface area (Å²) in [6, 6.07) is 7.05. The number of nitrogens with two attached hydrogens (primary N) is 1. The Kier molecular flexibility index (Phi) is 3.82. The van der Waals surface area contributed by atoms with E-state index in [2.05, 4.69) is 20.9 Å². The summed E-state index contributed by atoms with van der Waals surface area (Å²) in [5, 5.41) is 2.82.